The third kappa shape index (κ3) is 3.68. The Morgan fingerprint density at radius 2 is 2.05 bits per heavy atom. The summed E-state index contributed by atoms with van der Waals surface area (Å²) >= 11 is 0. The van der Waals surface area contributed by atoms with E-state index in [-0.39, 0.29) is 23.3 Å². The van der Waals surface area contributed by atoms with Crippen LogP contribution < -0.4 is 4.74 Å². The molecule has 0 bridgehead atoms. The van der Waals surface area contributed by atoms with Crippen LogP contribution in [0.2, 0.25) is 0 Å². The van der Waals surface area contributed by atoms with Gasteiger partial charge >= 0.3 is 12.3 Å². The highest BCUT2D eigenvalue weighted by Gasteiger charge is 2.42. The summed E-state index contributed by atoms with van der Waals surface area (Å²) in [5.74, 6) is -5.01. The molecule has 0 saturated heterocycles. The summed E-state index contributed by atoms with van der Waals surface area (Å²) in [5, 5.41) is 3.79. The molecule has 0 fully saturated rings. The first-order valence-corrected chi connectivity index (χ1v) is 5.52. The molecule has 4 nitrogen and oxygen atoms in total. The number of carbonyl (C=O) groups is 1. The first kappa shape index (κ1) is 15.5. The molecule has 0 aliphatic carbocycles. The molecule has 108 valence electrons. The van der Waals surface area contributed by atoms with Crippen molar-refractivity contribution in [3.63, 3.8) is 0 Å². The standard InChI is InChI=1S/C11H14F4N2O2/c1-6(2)9(18)7-4-8(17(3)16-7)19-5-11(14,15)10(12)13/h4,6,10H,5H2,1-3H3. The summed E-state index contributed by atoms with van der Waals surface area (Å²) in [6.45, 7) is 1.84. The molecule has 0 spiro atoms. The van der Waals surface area contributed by atoms with E-state index in [2.05, 4.69) is 9.84 Å². The largest absolute Gasteiger partial charge is 0.471 e. The summed E-state index contributed by atoms with van der Waals surface area (Å²) in [7, 11) is 1.37. The Morgan fingerprint density at radius 1 is 1.47 bits per heavy atom. The number of aryl methyl sites for hydroxylation is 1. The molecule has 0 unspecified atom stereocenters. The van der Waals surface area contributed by atoms with Crippen molar-refractivity contribution in [3.05, 3.63) is 11.8 Å². The van der Waals surface area contributed by atoms with E-state index < -0.39 is 19.0 Å². The molecular weight excluding hydrogens is 268 g/mol. The minimum atomic E-state index is -4.24. The predicted molar refractivity (Wildman–Crippen MR) is 58.8 cm³/mol. The van der Waals surface area contributed by atoms with Crippen LogP contribution in [0.5, 0.6) is 5.88 Å². The molecule has 1 aromatic rings. The molecule has 0 atom stereocenters. The van der Waals surface area contributed by atoms with Gasteiger partial charge in [0.2, 0.25) is 5.88 Å². The van der Waals surface area contributed by atoms with Crippen LogP contribution in [0.25, 0.3) is 0 Å². The van der Waals surface area contributed by atoms with E-state index in [0.717, 1.165) is 10.7 Å². The Balaban J connectivity index is 2.78. The van der Waals surface area contributed by atoms with E-state index >= 15 is 0 Å². The summed E-state index contributed by atoms with van der Waals surface area (Å²) in [6.07, 6.45) is -3.81. The number of alkyl halides is 4. The van der Waals surface area contributed by atoms with Gasteiger partial charge in [0.05, 0.1) is 0 Å². The Morgan fingerprint density at radius 3 is 2.53 bits per heavy atom. The molecular formula is C11H14F4N2O2. The normalized spacial score (nSPS) is 12.3. The fraction of sp³-hybridized carbons (Fsp3) is 0.636. The Labute approximate surface area is 107 Å². The molecule has 0 aromatic carbocycles. The number of carbonyl (C=O) groups excluding carboxylic acids is 1. The zero-order valence-corrected chi connectivity index (χ0v) is 10.7. The van der Waals surface area contributed by atoms with Crippen molar-refractivity contribution in [1.82, 2.24) is 9.78 Å². The maximum Gasteiger partial charge on any atom is 0.340 e. The van der Waals surface area contributed by atoms with Gasteiger partial charge in [0.1, 0.15) is 5.69 Å². The lowest BCUT2D eigenvalue weighted by atomic mass is 10.1. The summed E-state index contributed by atoms with van der Waals surface area (Å²) in [6, 6.07) is 1.16. The average Bonchev–Trinajstić information content (AvgIpc) is 2.66. The van der Waals surface area contributed by atoms with E-state index in [1.54, 1.807) is 13.8 Å². The van der Waals surface area contributed by atoms with Gasteiger partial charge in [0.15, 0.2) is 12.4 Å². The molecule has 0 aliphatic heterocycles. The van der Waals surface area contributed by atoms with Gasteiger partial charge in [0.25, 0.3) is 0 Å². The number of aromatic nitrogens is 2. The average molecular weight is 282 g/mol. The van der Waals surface area contributed by atoms with Crippen LogP contribution in [-0.4, -0.2) is 34.5 Å². The fourth-order valence-corrected chi connectivity index (χ4v) is 1.23. The van der Waals surface area contributed by atoms with Crippen molar-refractivity contribution >= 4 is 5.78 Å². The Bertz CT molecular complexity index is 458. The van der Waals surface area contributed by atoms with Crippen molar-refractivity contribution in [2.75, 3.05) is 6.61 Å². The van der Waals surface area contributed by atoms with Gasteiger partial charge < -0.3 is 4.74 Å². The fourth-order valence-electron chi connectivity index (χ4n) is 1.23. The number of Topliss-reactive ketones (excluding diaryl/α,β-unsaturated/α-hetero) is 1. The van der Waals surface area contributed by atoms with Crippen molar-refractivity contribution in [2.45, 2.75) is 26.2 Å². The van der Waals surface area contributed by atoms with Crippen LogP contribution in [0, 0.1) is 5.92 Å². The minimum Gasteiger partial charge on any atom is -0.471 e. The first-order valence-electron chi connectivity index (χ1n) is 5.52. The van der Waals surface area contributed by atoms with E-state index in [1.807, 2.05) is 0 Å². The van der Waals surface area contributed by atoms with Crippen LogP contribution >= 0.6 is 0 Å². The number of ketones is 1. The van der Waals surface area contributed by atoms with E-state index in [4.69, 9.17) is 0 Å². The molecule has 8 heteroatoms. The second kappa shape index (κ2) is 5.58. The third-order valence-electron chi connectivity index (χ3n) is 2.35. The van der Waals surface area contributed by atoms with Crippen molar-refractivity contribution < 1.29 is 27.1 Å². The van der Waals surface area contributed by atoms with Crippen molar-refractivity contribution in [2.24, 2.45) is 13.0 Å². The van der Waals surface area contributed by atoms with Gasteiger partial charge in [-0.25, -0.2) is 13.5 Å². The van der Waals surface area contributed by atoms with Gasteiger partial charge in [-0.1, -0.05) is 13.8 Å². The Hall–Kier alpha value is -1.60. The lowest BCUT2D eigenvalue weighted by Crippen LogP contribution is -2.34. The monoisotopic (exact) mass is 282 g/mol. The molecule has 0 saturated carbocycles. The van der Waals surface area contributed by atoms with Gasteiger partial charge in [-0.15, -0.1) is 0 Å². The highest BCUT2D eigenvalue weighted by Crippen LogP contribution is 2.24. The minimum absolute atomic E-state index is 0.0489. The van der Waals surface area contributed by atoms with Gasteiger partial charge in [-0.05, 0) is 0 Å². The number of nitrogens with zero attached hydrogens (tertiary/aromatic N) is 2. The van der Waals surface area contributed by atoms with Crippen molar-refractivity contribution in [3.8, 4) is 5.88 Å². The van der Waals surface area contributed by atoms with E-state index in [1.165, 1.54) is 7.05 Å². The smallest absolute Gasteiger partial charge is 0.340 e. The number of halogens is 4. The van der Waals surface area contributed by atoms with Crippen molar-refractivity contribution in [1.29, 1.82) is 0 Å². The maximum absolute atomic E-state index is 12.7. The van der Waals surface area contributed by atoms with Crippen LogP contribution in [0.1, 0.15) is 24.3 Å². The highest BCUT2D eigenvalue weighted by molar-refractivity contribution is 5.95. The zero-order valence-electron chi connectivity index (χ0n) is 10.7. The van der Waals surface area contributed by atoms with E-state index in [9.17, 15) is 22.4 Å². The molecule has 0 radical (unpaired) electrons. The molecule has 0 aliphatic rings. The molecule has 1 aromatic heterocycles. The van der Waals surface area contributed by atoms with Gasteiger partial charge in [-0.3, -0.25) is 4.79 Å². The molecule has 0 N–H and O–H groups in total. The first-order chi connectivity index (χ1) is 8.65. The quantitative estimate of drug-likeness (QED) is 0.595. The third-order valence-corrected chi connectivity index (χ3v) is 2.35. The van der Waals surface area contributed by atoms with Crippen LogP contribution in [0.3, 0.4) is 0 Å². The number of ether oxygens (including phenoxy) is 1. The van der Waals surface area contributed by atoms with E-state index in [0.29, 0.717) is 0 Å². The zero-order chi connectivity index (χ0) is 14.8. The lowest BCUT2D eigenvalue weighted by Gasteiger charge is -2.15. The summed E-state index contributed by atoms with van der Waals surface area (Å²) in [4.78, 5) is 11.6. The van der Waals surface area contributed by atoms with Crippen LogP contribution in [-0.2, 0) is 7.05 Å². The number of hydrogen-bond donors (Lipinski definition) is 0. The van der Waals surface area contributed by atoms with Gasteiger partial charge in [-0.2, -0.15) is 13.9 Å². The molecule has 1 rings (SSSR count). The van der Waals surface area contributed by atoms with Gasteiger partial charge in [0, 0.05) is 19.0 Å². The van der Waals surface area contributed by atoms with Crippen LogP contribution in [0.4, 0.5) is 17.6 Å². The lowest BCUT2D eigenvalue weighted by molar-refractivity contribution is -0.149. The SMILES string of the molecule is CC(C)C(=O)c1cc(OCC(F)(F)C(F)F)n(C)n1. The summed E-state index contributed by atoms with van der Waals surface area (Å²) in [5.41, 5.74) is 0.0489. The molecule has 1 heterocycles. The number of rotatable bonds is 6. The summed E-state index contributed by atoms with van der Waals surface area (Å²) < 4.78 is 54.9. The number of hydrogen-bond acceptors (Lipinski definition) is 3. The predicted octanol–water partition coefficient (Wildman–Crippen LogP) is 2.54. The highest BCUT2D eigenvalue weighted by atomic mass is 19.3. The second-order valence-electron chi connectivity index (χ2n) is 4.36. The Kier molecular flexibility index (Phi) is 4.54. The molecule has 0 amide bonds. The second-order valence-corrected chi connectivity index (χ2v) is 4.36. The van der Waals surface area contributed by atoms with Crippen LogP contribution in [0.15, 0.2) is 6.07 Å². The molecule has 19 heavy (non-hydrogen) atoms. The topological polar surface area (TPSA) is 44.1 Å². The maximum atomic E-state index is 12.7.